The number of aliphatic carboxylic acids is 1. The molecule has 3 heteroatoms. The minimum absolute atomic E-state index is 0.293. The van der Waals surface area contributed by atoms with Crippen LogP contribution < -0.4 is 4.74 Å². The zero-order chi connectivity index (χ0) is 14.5. The molecule has 1 fully saturated rings. The number of hydrogen-bond donors (Lipinski definition) is 1. The summed E-state index contributed by atoms with van der Waals surface area (Å²) in [6.07, 6.45) is 4.94. The highest BCUT2D eigenvalue weighted by Gasteiger charge is 2.31. The van der Waals surface area contributed by atoms with Gasteiger partial charge in [-0.2, -0.15) is 0 Å². The first-order valence-electron chi connectivity index (χ1n) is 7.46. The van der Waals surface area contributed by atoms with Crippen LogP contribution in [-0.2, 0) is 11.2 Å². The molecule has 1 saturated carbocycles. The number of carboxylic acids is 1. The maximum absolute atomic E-state index is 11.6. The normalized spacial score (nSPS) is 24.1. The summed E-state index contributed by atoms with van der Waals surface area (Å²) in [5, 5.41) is 9.58. The van der Waals surface area contributed by atoms with Crippen molar-refractivity contribution in [2.75, 3.05) is 7.11 Å². The van der Waals surface area contributed by atoms with Gasteiger partial charge >= 0.3 is 5.97 Å². The Morgan fingerprint density at radius 1 is 1.30 bits per heavy atom. The van der Waals surface area contributed by atoms with Crippen molar-refractivity contribution < 1.29 is 14.6 Å². The lowest BCUT2D eigenvalue weighted by molar-refractivity contribution is -0.144. The highest BCUT2D eigenvalue weighted by molar-refractivity contribution is 5.71. The molecular weight excluding hydrogens is 252 g/mol. The third kappa shape index (κ3) is 3.53. The van der Waals surface area contributed by atoms with Gasteiger partial charge in [0.2, 0.25) is 0 Å². The summed E-state index contributed by atoms with van der Waals surface area (Å²) in [5.41, 5.74) is 1.00. The Balaban J connectivity index is 2.11. The van der Waals surface area contributed by atoms with Gasteiger partial charge in [0.1, 0.15) is 5.75 Å². The summed E-state index contributed by atoms with van der Waals surface area (Å²) in [7, 11) is 1.64. The molecule has 1 aliphatic carbocycles. The van der Waals surface area contributed by atoms with Gasteiger partial charge in [0.25, 0.3) is 0 Å². The van der Waals surface area contributed by atoms with Crippen LogP contribution in [0.1, 0.15) is 38.2 Å². The number of rotatable bonds is 5. The minimum Gasteiger partial charge on any atom is -0.496 e. The Bertz CT molecular complexity index is 447. The van der Waals surface area contributed by atoms with Crippen LogP contribution in [0.5, 0.6) is 5.75 Å². The molecule has 0 radical (unpaired) electrons. The average molecular weight is 276 g/mol. The van der Waals surface area contributed by atoms with E-state index in [2.05, 4.69) is 6.92 Å². The molecule has 0 spiro atoms. The number of ether oxygens (including phenoxy) is 1. The Labute approximate surface area is 121 Å². The Morgan fingerprint density at radius 2 is 1.95 bits per heavy atom. The SMILES string of the molecule is COc1ccccc1CC(C(=O)O)C1CCC(C)CC1. The predicted octanol–water partition coefficient (Wildman–Crippen LogP) is 3.76. The largest absolute Gasteiger partial charge is 0.496 e. The van der Waals surface area contributed by atoms with Crippen molar-refractivity contribution in [3.05, 3.63) is 29.8 Å². The number of carbonyl (C=O) groups is 1. The summed E-state index contributed by atoms with van der Waals surface area (Å²) >= 11 is 0. The van der Waals surface area contributed by atoms with E-state index in [1.54, 1.807) is 7.11 Å². The van der Waals surface area contributed by atoms with Crippen LogP contribution in [-0.4, -0.2) is 18.2 Å². The standard InChI is InChI=1S/C17H24O3/c1-12-7-9-13(10-8-12)15(17(18)19)11-14-5-3-4-6-16(14)20-2/h3-6,12-13,15H,7-11H2,1-2H3,(H,18,19). The molecule has 0 aliphatic heterocycles. The fourth-order valence-electron chi connectivity index (χ4n) is 3.25. The molecule has 1 unspecified atom stereocenters. The molecule has 0 saturated heterocycles. The molecule has 0 heterocycles. The third-order valence-electron chi connectivity index (χ3n) is 4.58. The van der Waals surface area contributed by atoms with Crippen molar-refractivity contribution in [3.8, 4) is 5.75 Å². The van der Waals surface area contributed by atoms with Crippen molar-refractivity contribution >= 4 is 5.97 Å². The van der Waals surface area contributed by atoms with Crippen molar-refractivity contribution in [2.45, 2.75) is 39.0 Å². The zero-order valence-corrected chi connectivity index (χ0v) is 12.3. The maximum atomic E-state index is 11.6. The van der Waals surface area contributed by atoms with Crippen molar-refractivity contribution in [1.29, 1.82) is 0 Å². The number of methoxy groups -OCH3 is 1. The molecule has 1 atom stereocenters. The van der Waals surface area contributed by atoms with Gasteiger partial charge in [-0.3, -0.25) is 4.79 Å². The Kier molecular flexibility index (Phi) is 5.05. The topological polar surface area (TPSA) is 46.5 Å². The predicted molar refractivity (Wildman–Crippen MR) is 78.9 cm³/mol. The molecule has 0 aromatic heterocycles. The quantitative estimate of drug-likeness (QED) is 0.890. The first kappa shape index (κ1) is 14.9. The molecule has 20 heavy (non-hydrogen) atoms. The Hall–Kier alpha value is -1.51. The summed E-state index contributed by atoms with van der Waals surface area (Å²) in [4.78, 5) is 11.6. The van der Waals surface area contributed by atoms with Gasteiger partial charge in [0.15, 0.2) is 0 Å². The first-order chi connectivity index (χ1) is 9.61. The summed E-state index contributed by atoms with van der Waals surface area (Å²) in [6, 6.07) is 7.73. The van der Waals surface area contributed by atoms with E-state index in [1.165, 1.54) is 0 Å². The van der Waals surface area contributed by atoms with E-state index >= 15 is 0 Å². The van der Waals surface area contributed by atoms with Crippen LogP contribution in [0.2, 0.25) is 0 Å². The monoisotopic (exact) mass is 276 g/mol. The lowest BCUT2D eigenvalue weighted by atomic mass is 9.74. The molecule has 1 aromatic carbocycles. The van der Waals surface area contributed by atoms with E-state index in [1.807, 2.05) is 24.3 Å². The van der Waals surface area contributed by atoms with Gasteiger partial charge in [-0.05, 0) is 42.7 Å². The second-order valence-corrected chi connectivity index (χ2v) is 5.98. The fourth-order valence-corrected chi connectivity index (χ4v) is 3.25. The molecular formula is C17H24O3. The lowest BCUT2D eigenvalue weighted by Crippen LogP contribution is -2.29. The Morgan fingerprint density at radius 3 is 2.55 bits per heavy atom. The van der Waals surface area contributed by atoms with Crippen LogP contribution in [0.3, 0.4) is 0 Å². The van der Waals surface area contributed by atoms with Crippen molar-refractivity contribution in [1.82, 2.24) is 0 Å². The van der Waals surface area contributed by atoms with Crippen LogP contribution in [0.4, 0.5) is 0 Å². The first-order valence-corrected chi connectivity index (χ1v) is 7.46. The van der Waals surface area contributed by atoms with Crippen LogP contribution in [0, 0.1) is 17.8 Å². The summed E-state index contributed by atoms with van der Waals surface area (Å²) in [6.45, 7) is 2.26. The third-order valence-corrected chi connectivity index (χ3v) is 4.58. The van der Waals surface area contributed by atoms with E-state index in [9.17, 15) is 9.90 Å². The van der Waals surface area contributed by atoms with Gasteiger partial charge in [-0.25, -0.2) is 0 Å². The van der Waals surface area contributed by atoms with Gasteiger partial charge < -0.3 is 9.84 Å². The zero-order valence-electron chi connectivity index (χ0n) is 12.3. The fraction of sp³-hybridized carbons (Fsp3) is 0.588. The number of benzene rings is 1. The lowest BCUT2D eigenvalue weighted by Gasteiger charge is -2.30. The van der Waals surface area contributed by atoms with E-state index < -0.39 is 5.97 Å². The number of carboxylic acid groups (broad SMARTS) is 1. The summed E-state index contributed by atoms with van der Waals surface area (Å²) in [5.74, 6) is 0.873. The second-order valence-electron chi connectivity index (χ2n) is 5.98. The van der Waals surface area contributed by atoms with E-state index in [4.69, 9.17) is 4.74 Å². The van der Waals surface area contributed by atoms with Crippen molar-refractivity contribution in [2.24, 2.45) is 17.8 Å². The number of hydrogen-bond acceptors (Lipinski definition) is 2. The minimum atomic E-state index is -0.671. The highest BCUT2D eigenvalue weighted by Crippen LogP contribution is 2.36. The van der Waals surface area contributed by atoms with Crippen LogP contribution >= 0.6 is 0 Å². The van der Waals surface area contributed by atoms with E-state index in [0.29, 0.717) is 12.3 Å². The van der Waals surface area contributed by atoms with Crippen molar-refractivity contribution in [3.63, 3.8) is 0 Å². The molecule has 2 rings (SSSR count). The average Bonchev–Trinajstić information content (AvgIpc) is 2.46. The molecule has 0 amide bonds. The van der Waals surface area contributed by atoms with Gasteiger partial charge in [-0.1, -0.05) is 38.0 Å². The molecule has 1 aliphatic rings. The van der Waals surface area contributed by atoms with Gasteiger partial charge in [0.05, 0.1) is 13.0 Å². The van der Waals surface area contributed by atoms with Gasteiger partial charge in [-0.15, -0.1) is 0 Å². The smallest absolute Gasteiger partial charge is 0.307 e. The molecule has 1 aromatic rings. The number of para-hydroxylation sites is 1. The molecule has 0 bridgehead atoms. The van der Waals surface area contributed by atoms with Crippen LogP contribution in [0.25, 0.3) is 0 Å². The highest BCUT2D eigenvalue weighted by atomic mass is 16.5. The molecule has 3 nitrogen and oxygen atoms in total. The molecule has 1 N–H and O–H groups in total. The van der Waals surface area contributed by atoms with Crippen LogP contribution in [0.15, 0.2) is 24.3 Å². The van der Waals surface area contributed by atoms with Gasteiger partial charge in [0, 0.05) is 0 Å². The maximum Gasteiger partial charge on any atom is 0.307 e. The van der Waals surface area contributed by atoms with E-state index in [-0.39, 0.29) is 5.92 Å². The van der Waals surface area contributed by atoms with E-state index in [0.717, 1.165) is 42.9 Å². The second kappa shape index (κ2) is 6.78. The summed E-state index contributed by atoms with van der Waals surface area (Å²) < 4.78 is 5.34. The molecule has 110 valence electrons.